The van der Waals surface area contributed by atoms with Crippen molar-refractivity contribution in [2.24, 2.45) is 5.92 Å². The van der Waals surface area contributed by atoms with E-state index in [1.165, 1.54) is 11.3 Å². The molecule has 1 aromatic heterocycles. The maximum atomic E-state index is 11.9. The first-order valence-corrected chi connectivity index (χ1v) is 7.15. The number of amides is 2. The van der Waals surface area contributed by atoms with Crippen molar-refractivity contribution in [1.29, 1.82) is 0 Å². The van der Waals surface area contributed by atoms with Crippen molar-refractivity contribution in [3.63, 3.8) is 0 Å². The smallest absolute Gasteiger partial charge is 0.261 e. The van der Waals surface area contributed by atoms with Gasteiger partial charge in [0.25, 0.3) is 5.91 Å². The van der Waals surface area contributed by atoms with E-state index in [-0.39, 0.29) is 30.9 Å². The third kappa shape index (κ3) is 3.54. The summed E-state index contributed by atoms with van der Waals surface area (Å²) >= 11 is 1.41. The molecule has 104 valence electrons. The van der Waals surface area contributed by atoms with Crippen molar-refractivity contribution in [3.8, 4) is 0 Å². The molecule has 1 unspecified atom stereocenters. The molecule has 6 heteroatoms. The molecule has 1 fully saturated rings. The first-order chi connectivity index (χ1) is 9.10. The lowest BCUT2D eigenvalue weighted by Crippen LogP contribution is -2.39. The zero-order valence-corrected chi connectivity index (χ0v) is 11.7. The predicted molar refractivity (Wildman–Crippen MR) is 73.2 cm³/mol. The number of rotatable bonds is 4. The summed E-state index contributed by atoms with van der Waals surface area (Å²) in [7, 11) is 0. The number of aliphatic hydroxyl groups excluding tert-OH is 1. The number of hydrogen-bond acceptors (Lipinski definition) is 4. The van der Waals surface area contributed by atoms with Crippen LogP contribution >= 0.6 is 11.3 Å². The molecule has 2 amide bonds. The molecular weight excluding hydrogens is 264 g/mol. The van der Waals surface area contributed by atoms with Gasteiger partial charge in [-0.3, -0.25) is 9.59 Å². The number of nitrogens with zero attached hydrogens (tertiary/aromatic N) is 1. The fourth-order valence-corrected chi connectivity index (χ4v) is 2.90. The fourth-order valence-electron chi connectivity index (χ4n) is 2.12. The van der Waals surface area contributed by atoms with Crippen molar-refractivity contribution in [2.45, 2.75) is 13.3 Å². The van der Waals surface area contributed by atoms with Crippen molar-refractivity contribution < 1.29 is 14.7 Å². The summed E-state index contributed by atoms with van der Waals surface area (Å²) in [6.45, 7) is 3.33. The maximum absolute atomic E-state index is 11.9. The highest BCUT2D eigenvalue weighted by Gasteiger charge is 2.25. The predicted octanol–water partition coefficient (Wildman–Crippen LogP) is 0.627. The summed E-state index contributed by atoms with van der Waals surface area (Å²) in [4.78, 5) is 27.1. The van der Waals surface area contributed by atoms with Crippen molar-refractivity contribution >= 4 is 23.2 Å². The van der Waals surface area contributed by atoms with E-state index in [0.717, 1.165) is 11.3 Å². The molecule has 0 bridgehead atoms. The first kappa shape index (κ1) is 14.0. The molecule has 2 heterocycles. The second-order valence-electron chi connectivity index (χ2n) is 4.77. The van der Waals surface area contributed by atoms with Gasteiger partial charge in [-0.1, -0.05) is 0 Å². The molecule has 2 N–H and O–H groups in total. The highest BCUT2D eigenvalue weighted by Crippen LogP contribution is 2.16. The summed E-state index contributed by atoms with van der Waals surface area (Å²) in [6.07, 6.45) is 0.834. The van der Waals surface area contributed by atoms with E-state index in [4.69, 9.17) is 5.11 Å². The van der Waals surface area contributed by atoms with Crippen molar-refractivity contribution in [2.75, 3.05) is 26.2 Å². The van der Waals surface area contributed by atoms with Crippen LogP contribution in [0.4, 0.5) is 0 Å². The van der Waals surface area contributed by atoms with Crippen LogP contribution < -0.4 is 5.32 Å². The van der Waals surface area contributed by atoms with E-state index in [0.29, 0.717) is 18.0 Å². The largest absolute Gasteiger partial charge is 0.396 e. The number of aliphatic hydroxyl groups is 1. The molecule has 1 aliphatic heterocycles. The van der Waals surface area contributed by atoms with E-state index >= 15 is 0 Å². The average Bonchev–Trinajstić information content (AvgIpc) is 3.04. The van der Waals surface area contributed by atoms with Gasteiger partial charge >= 0.3 is 0 Å². The Morgan fingerprint density at radius 1 is 1.53 bits per heavy atom. The van der Waals surface area contributed by atoms with Crippen LogP contribution in [0.15, 0.2) is 12.1 Å². The Kier molecular flexibility index (Phi) is 4.55. The molecule has 19 heavy (non-hydrogen) atoms. The maximum Gasteiger partial charge on any atom is 0.261 e. The van der Waals surface area contributed by atoms with Gasteiger partial charge in [0.05, 0.1) is 11.4 Å². The van der Waals surface area contributed by atoms with Gasteiger partial charge in [-0.15, -0.1) is 11.3 Å². The Bertz CT molecular complexity index is 472. The molecule has 0 radical (unpaired) electrons. The zero-order chi connectivity index (χ0) is 13.8. The van der Waals surface area contributed by atoms with Crippen LogP contribution in [0.1, 0.15) is 21.0 Å². The number of likely N-dealkylation sites (tertiary alicyclic amines) is 1. The normalized spacial score (nSPS) is 18.6. The molecule has 1 aromatic rings. The van der Waals surface area contributed by atoms with Crippen LogP contribution in [-0.2, 0) is 4.79 Å². The van der Waals surface area contributed by atoms with Crippen LogP contribution in [0.3, 0.4) is 0 Å². The Morgan fingerprint density at radius 2 is 2.32 bits per heavy atom. The quantitative estimate of drug-likeness (QED) is 0.851. The van der Waals surface area contributed by atoms with Crippen LogP contribution in [0, 0.1) is 12.8 Å². The number of thiophene rings is 1. The Labute approximate surface area is 116 Å². The third-order valence-electron chi connectivity index (χ3n) is 3.26. The summed E-state index contributed by atoms with van der Waals surface area (Å²) in [6, 6.07) is 3.64. The topological polar surface area (TPSA) is 69.6 Å². The molecule has 0 saturated carbocycles. The van der Waals surface area contributed by atoms with Crippen LogP contribution in [0.25, 0.3) is 0 Å². The summed E-state index contributed by atoms with van der Waals surface area (Å²) < 4.78 is 0. The second kappa shape index (κ2) is 6.16. The monoisotopic (exact) mass is 282 g/mol. The Balaban J connectivity index is 1.79. The minimum Gasteiger partial charge on any atom is -0.396 e. The van der Waals surface area contributed by atoms with E-state index in [2.05, 4.69) is 5.32 Å². The third-order valence-corrected chi connectivity index (χ3v) is 4.26. The number of carbonyl (C=O) groups is 2. The van der Waals surface area contributed by atoms with E-state index in [1.807, 2.05) is 13.0 Å². The van der Waals surface area contributed by atoms with Gasteiger partial charge in [-0.05, 0) is 25.5 Å². The molecule has 0 aromatic carbocycles. The number of carbonyl (C=O) groups excluding carboxylic acids is 2. The highest BCUT2D eigenvalue weighted by atomic mass is 32.1. The molecule has 1 aliphatic rings. The fraction of sp³-hybridized carbons (Fsp3) is 0.538. The number of nitrogens with one attached hydrogen (secondary N) is 1. The van der Waals surface area contributed by atoms with Crippen LogP contribution in [0.5, 0.6) is 0 Å². The van der Waals surface area contributed by atoms with Crippen LogP contribution in [0.2, 0.25) is 0 Å². The molecule has 0 spiro atoms. The highest BCUT2D eigenvalue weighted by molar-refractivity contribution is 7.13. The number of aryl methyl sites for hydroxylation is 1. The number of hydrogen-bond donors (Lipinski definition) is 2. The average molecular weight is 282 g/mol. The van der Waals surface area contributed by atoms with Crippen molar-refractivity contribution in [1.82, 2.24) is 10.2 Å². The van der Waals surface area contributed by atoms with Gasteiger partial charge < -0.3 is 15.3 Å². The molecule has 1 saturated heterocycles. The Hall–Kier alpha value is -1.40. The summed E-state index contributed by atoms with van der Waals surface area (Å²) in [5, 5.41) is 11.7. The Morgan fingerprint density at radius 3 is 2.89 bits per heavy atom. The molecule has 1 atom stereocenters. The standard InChI is InChI=1S/C13H18N2O3S/c1-9-2-3-11(19-9)13(18)14-6-12(17)15-5-4-10(7-15)8-16/h2-3,10,16H,4-8H2,1H3,(H,14,18). The summed E-state index contributed by atoms with van der Waals surface area (Å²) in [5.74, 6) is -0.110. The SMILES string of the molecule is Cc1ccc(C(=O)NCC(=O)N2CCC(CO)C2)s1. The van der Waals surface area contributed by atoms with E-state index in [9.17, 15) is 9.59 Å². The summed E-state index contributed by atoms with van der Waals surface area (Å²) in [5.41, 5.74) is 0. The molecule has 0 aliphatic carbocycles. The van der Waals surface area contributed by atoms with Gasteiger partial charge in [0, 0.05) is 30.5 Å². The van der Waals surface area contributed by atoms with Gasteiger partial charge in [0.15, 0.2) is 0 Å². The van der Waals surface area contributed by atoms with Crippen LogP contribution in [-0.4, -0.2) is 48.1 Å². The first-order valence-electron chi connectivity index (χ1n) is 6.33. The van der Waals surface area contributed by atoms with Gasteiger partial charge in [-0.25, -0.2) is 0 Å². The molecule has 5 nitrogen and oxygen atoms in total. The zero-order valence-electron chi connectivity index (χ0n) is 10.9. The lowest BCUT2D eigenvalue weighted by Gasteiger charge is -2.16. The van der Waals surface area contributed by atoms with Gasteiger partial charge in [-0.2, -0.15) is 0 Å². The minimum atomic E-state index is -0.204. The van der Waals surface area contributed by atoms with Gasteiger partial charge in [0.2, 0.25) is 5.91 Å². The lowest BCUT2D eigenvalue weighted by molar-refractivity contribution is -0.129. The van der Waals surface area contributed by atoms with E-state index in [1.54, 1.807) is 11.0 Å². The second-order valence-corrected chi connectivity index (χ2v) is 6.06. The van der Waals surface area contributed by atoms with Gasteiger partial charge in [0.1, 0.15) is 0 Å². The minimum absolute atomic E-state index is 0.0218. The van der Waals surface area contributed by atoms with Crippen molar-refractivity contribution in [3.05, 3.63) is 21.9 Å². The van der Waals surface area contributed by atoms with E-state index < -0.39 is 0 Å². The molecular formula is C13H18N2O3S. The molecule has 2 rings (SSSR count). The lowest BCUT2D eigenvalue weighted by atomic mass is 10.1.